The third kappa shape index (κ3) is 2.87. The van der Waals surface area contributed by atoms with Gasteiger partial charge in [-0.3, -0.25) is 0 Å². The van der Waals surface area contributed by atoms with E-state index in [2.05, 4.69) is 9.97 Å². The number of benzene rings is 2. The summed E-state index contributed by atoms with van der Waals surface area (Å²) in [5.74, 6) is 0.955. The van der Waals surface area contributed by atoms with Crippen LogP contribution in [0.5, 0.6) is 5.75 Å². The van der Waals surface area contributed by atoms with E-state index in [1.54, 1.807) is 7.11 Å². The van der Waals surface area contributed by atoms with Gasteiger partial charge in [0.15, 0.2) is 0 Å². The highest BCUT2D eigenvalue weighted by atomic mass is 35.5. The molecule has 0 atom stereocenters. The van der Waals surface area contributed by atoms with Gasteiger partial charge in [0.25, 0.3) is 0 Å². The number of rotatable bonds is 3. The van der Waals surface area contributed by atoms with E-state index in [1.165, 1.54) is 0 Å². The Morgan fingerprint density at radius 2 is 1.64 bits per heavy atom. The van der Waals surface area contributed by atoms with Crippen LogP contribution in [-0.2, 0) is 0 Å². The SMILES string of the molecule is COc1ccccc1-c1cc(-c2ccc(Cl)cc2)nc(N)n1. The maximum absolute atomic E-state index is 5.92. The Labute approximate surface area is 133 Å². The van der Waals surface area contributed by atoms with E-state index in [4.69, 9.17) is 22.1 Å². The Morgan fingerprint density at radius 3 is 2.36 bits per heavy atom. The second-order valence-electron chi connectivity index (χ2n) is 4.70. The fraction of sp³-hybridized carbons (Fsp3) is 0.0588. The summed E-state index contributed by atoms with van der Waals surface area (Å²) >= 11 is 5.92. The van der Waals surface area contributed by atoms with Crippen molar-refractivity contribution in [3.05, 3.63) is 59.6 Å². The van der Waals surface area contributed by atoms with Crippen molar-refractivity contribution >= 4 is 17.5 Å². The van der Waals surface area contributed by atoms with Crippen LogP contribution in [-0.4, -0.2) is 17.1 Å². The minimum Gasteiger partial charge on any atom is -0.496 e. The van der Waals surface area contributed by atoms with Crippen LogP contribution in [0.15, 0.2) is 54.6 Å². The highest BCUT2D eigenvalue weighted by Gasteiger charge is 2.10. The molecule has 0 radical (unpaired) electrons. The quantitative estimate of drug-likeness (QED) is 0.792. The molecule has 5 heteroatoms. The lowest BCUT2D eigenvalue weighted by Gasteiger charge is -2.10. The number of nitrogens with zero attached hydrogens (tertiary/aromatic N) is 2. The molecule has 1 aromatic heterocycles. The molecule has 2 N–H and O–H groups in total. The third-order valence-corrected chi connectivity index (χ3v) is 3.52. The second-order valence-corrected chi connectivity index (χ2v) is 5.14. The number of nitrogens with two attached hydrogens (primary N) is 1. The fourth-order valence-electron chi connectivity index (χ4n) is 2.23. The van der Waals surface area contributed by atoms with Crippen LogP contribution in [0.4, 0.5) is 5.95 Å². The van der Waals surface area contributed by atoms with Crippen molar-refractivity contribution in [1.82, 2.24) is 9.97 Å². The summed E-state index contributed by atoms with van der Waals surface area (Å²) in [6.45, 7) is 0. The van der Waals surface area contributed by atoms with Gasteiger partial charge >= 0.3 is 0 Å². The summed E-state index contributed by atoms with van der Waals surface area (Å²) in [4.78, 5) is 8.61. The summed E-state index contributed by atoms with van der Waals surface area (Å²) in [6, 6.07) is 17.0. The van der Waals surface area contributed by atoms with E-state index in [1.807, 2.05) is 54.6 Å². The Morgan fingerprint density at radius 1 is 0.955 bits per heavy atom. The molecule has 3 aromatic rings. The molecule has 22 heavy (non-hydrogen) atoms. The van der Waals surface area contributed by atoms with Crippen molar-refractivity contribution in [3.8, 4) is 28.3 Å². The number of para-hydroxylation sites is 1. The van der Waals surface area contributed by atoms with Crippen molar-refractivity contribution in [1.29, 1.82) is 0 Å². The fourth-order valence-corrected chi connectivity index (χ4v) is 2.35. The molecule has 2 aromatic carbocycles. The zero-order chi connectivity index (χ0) is 15.5. The van der Waals surface area contributed by atoms with Gasteiger partial charge < -0.3 is 10.5 Å². The van der Waals surface area contributed by atoms with Crippen LogP contribution in [0, 0.1) is 0 Å². The lowest BCUT2D eigenvalue weighted by molar-refractivity contribution is 0.416. The minimum atomic E-state index is 0.216. The summed E-state index contributed by atoms with van der Waals surface area (Å²) in [5.41, 5.74) is 9.12. The molecule has 0 aliphatic carbocycles. The number of aromatic nitrogens is 2. The second kappa shape index (κ2) is 6.03. The molecule has 4 nitrogen and oxygen atoms in total. The van der Waals surface area contributed by atoms with Crippen LogP contribution >= 0.6 is 11.6 Å². The number of hydrogen-bond acceptors (Lipinski definition) is 4. The number of nitrogen functional groups attached to an aromatic ring is 1. The molecule has 0 bridgehead atoms. The van der Waals surface area contributed by atoms with Crippen molar-refractivity contribution in [2.24, 2.45) is 0 Å². The van der Waals surface area contributed by atoms with E-state index >= 15 is 0 Å². The third-order valence-electron chi connectivity index (χ3n) is 3.27. The maximum Gasteiger partial charge on any atom is 0.221 e. The van der Waals surface area contributed by atoms with Crippen LogP contribution < -0.4 is 10.5 Å². The normalized spacial score (nSPS) is 10.5. The molecule has 0 saturated carbocycles. The van der Waals surface area contributed by atoms with Gasteiger partial charge in [0.05, 0.1) is 18.5 Å². The predicted octanol–water partition coefficient (Wildman–Crippen LogP) is 4.05. The molecule has 0 unspecified atom stereocenters. The number of anilines is 1. The number of ether oxygens (including phenoxy) is 1. The van der Waals surface area contributed by atoms with Gasteiger partial charge in [-0.2, -0.15) is 0 Å². The lowest BCUT2D eigenvalue weighted by atomic mass is 10.1. The van der Waals surface area contributed by atoms with Crippen molar-refractivity contribution in [3.63, 3.8) is 0 Å². The minimum absolute atomic E-state index is 0.216. The van der Waals surface area contributed by atoms with Crippen molar-refractivity contribution < 1.29 is 4.74 Å². The van der Waals surface area contributed by atoms with Gasteiger partial charge in [0, 0.05) is 16.1 Å². The summed E-state index contributed by atoms with van der Waals surface area (Å²) in [5, 5.41) is 0.677. The average molecular weight is 312 g/mol. The van der Waals surface area contributed by atoms with E-state index in [9.17, 15) is 0 Å². The van der Waals surface area contributed by atoms with Gasteiger partial charge in [-0.05, 0) is 30.3 Å². The van der Waals surface area contributed by atoms with Crippen molar-refractivity contribution in [2.75, 3.05) is 12.8 Å². The van der Waals surface area contributed by atoms with E-state index in [-0.39, 0.29) is 5.95 Å². The zero-order valence-corrected chi connectivity index (χ0v) is 12.7. The molecule has 0 amide bonds. The smallest absolute Gasteiger partial charge is 0.221 e. The molecule has 1 heterocycles. The zero-order valence-electron chi connectivity index (χ0n) is 12.0. The first-order valence-electron chi connectivity index (χ1n) is 6.71. The van der Waals surface area contributed by atoms with Gasteiger partial charge in [-0.15, -0.1) is 0 Å². The monoisotopic (exact) mass is 311 g/mol. The van der Waals surface area contributed by atoms with E-state index < -0.39 is 0 Å². The Bertz CT molecular complexity index is 803. The summed E-state index contributed by atoms with van der Waals surface area (Å²) in [6.07, 6.45) is 0. The highest BCUT2D eigenvalue weighted by molar-refractivity contribution is 6.30. The van der Waals surface area contributed by atoms with Gasteiger partial charge in [0.1, 0.15) is 5.75 Å². The number of halogens is 1. The first-order valence-corrected chi connectivity index (χ1v) is 7.09. The van der Waals surface area contributed by atoms with E-state index in [0.717, 1.165) is 28.3 Å². The molecule has 0 fully saturated rings. The summed E-state index contributed by atoms with van der Waals surface area (Å²) < 4.78 is 5.38. The first kappa shape index (κ1) is 14.4. The Balaban J connectivity index is 2.12. The van der Waals surface area contributed by atoms with Crippen LogP contribution in [0.2, 0.25) is 5.02 Å². The highest BCUT2D eigenvalue weighted by Crippen LogP contribution is 2.31. The number of methoxy groups -OCH3 is 1. The lowest BCUT2D eigenvalue weighted by Crippen LogP contribution is -1.99. The Kier molecular flexibility index (Phi) is 3.94. The summed E-state index contributed by atoms with van der Waals surface area (Å²) in [7, 11) is 1.63. The maximum atomic E-state index is 5.92. The average Bonchev–Trinajstić information content (AvgIpc) is 2.55. The van der Waals surface area contributed by atoms with Crippen LogP contribution in [0.3, 0.4) is 0 Å². The first-order chi connectivity index (χ1) is 10.7. The van der Waals surface area contributed by atoms with Gasteiger partial charge in [-0.1, -0.05) is 35.9 Å². The van der Waals surface area contributed by atoms with E-state index in [0.29, 0.717) is 5.02 Å². The molecule has 0 saturated heterocycles. The predicted molar refractivity (Wildman–Crippen MR) is 88.9 cm³/mol. The standard InChI is InChI=1S/C17H14ClN3O/c1-22-16-5-3-2-4-13(16)15-10-14(20-17(19)21-15)11-6-8-12(18)9-7-11/h2-10H,1H3,(H2,19,20,21). The Hall–Kier alpha value is -2.59. The molecule has 0 aliphatic rings. The van der Waals surface area contributed by atoms with Gasteiger partial charge in [0.2, 0.25) is 5.95 Å². The van der Waals surface area contributed by atoms with Crippen LogP contribution in [0.25, 0.3) is 22.5 Å². The molecule has 0 aliphatic heterocycles. The van der Waals surface area contributed by atoms with Gasteiger partial charge in [-0.25, -0.2) is 9.97 Å². The number of hydrogen-bond donors (Lipinski definition) is 1. The van der Waals surface area contributed by atoms with Crippen molar-refractivity contribution in [2.45, 2.75) is 0 Å². The molecule has 0 spiro atoms. The van der Waals surface area contributed by atoms with Crippen LogP contribution in [0.1, 0.15) is 0 Å². The topological polar surface area (TPSA) is 61.0 Å². The molecule has 110 valence electrons. The molecule has 3 rings (SSSR count). The molecular formula is C17H14ClN3O. The molecular weight excluding hydrogens is 298 g/mol. The largest absolute Gasteiger partial charge is 0.496 e.